The van der Waals surface area contributed by atoms with Crippen LogP contribution in [0.2, 0.25) is 0 Å². The lowest BCUT2D eigenvalue weighted by Gasteiger charge is -2.32. The zero-order valence-electron chi connectivity index (χ0n) is 17.1. The van der Waals surface area contributed by atoms with Crippen LogP contribution in [0.5, 0.6) is 0 Å². The fraction of sp³-hybridized carbons (Fsp3) is 0.474. The van der Waals surface area contributed by atoms with Crippen LogP contribution in [0.4, 0.5) is 0 Å². The van der Waals surface area contributed by atoms with E-state index in [0.717, 1.165) is 5.56 Å². The molecule has 0 aliphatic carbocycles. The Morgan fingerprint density at radius 1 is 1.26 bits per heavy atom. The predicted molar refractivity (Wildman–Crippen MR) is 111 cm³/mol. The van der Waals surface area contributed by atoms with E-state index in [0.29, 0.717) is 6.42 Å². The summed E-state index contributed by atoms with van der Waals surface area (Å²) in [7, 11) is 0. The molecule has 1 saturated heterocycles. The number of benzene rings is 1. The van der Waals surface area contributed by atoms with Gasteiger partial charge in [0.05, 0.1) is 19.3 Å². The summed E-state index contributed by atoms with van der Waals surface area (Å²) in [4.78, 5) is 32.3. The lowest BCUT2D eigenvalue weighted by atomic mass is 9.91. The number of azide groups is 2. The Morgan fingerprint density at radius 2 is 2.00 bits per heavy atom. The summed E-state index contributed by atoms with van der Waals surface area (Å²) in [5.74, 6) is 0. The van der Waals surface area contributed by atoms with Gasteiger partial charge in [0.15, 0.2) is 0 Å². The summed E-state index contributed by atoms with van der Waals surface area (Å²) in [5, 5.41) is 7.54. The molecule has 1 N–H and O–H groups in total. The smallest absolute Gasteiger partial charge is 0.330 e. The average Bonchev–Trinajstić information content (AvgIpc) is 3.08. The van der Waals surface area contributed by atoms with Crippen molar-refractivity contribution >= 4 is 0 Å². The van der Waals surface area contributed by atoms with E-state index in [2.05, 4.69) is 25.0 Å². The largest absolute Gasteiger partial charge is 0.370 e. The van der Waals surface area contributed by atoms with Crippen molar-refractivity contribution in [2.75, 3.05) is 6.54 Å². The number of aromatic nitrogens is 2. The maximum Gasteiger partial charge on any atom is 0.330 e. The zero-order chi connectivity index (χ0) is 22.4. The Balaban J connectivity index is 2.07. The number of nitrogens with one attached hydrogen (secondary N) is 1. The summed E-state index contributed by atoms with van der Waals surface area (Å²) in [6.45, 7) is 3.46. The first-order valence-corrected chi connectivity index (χ1v) is 9.66. The standard InChI is InChI=1S/C19H22N8O4/c1-3-19(11-22-25-20)15(30-10-13-7-5-4-6-8-13)14(24-26-21)17(31-19)27-9-12(2)16(28)23-18(27)29/h4-9,14-15,17H,3,10-11H2,1-2H3,(H,23,28,29)/t14?,15-,17-,19+/m1/s1. The Hall–Kier alpha value is -3.56. The van der Waals surface area contributed by atoms with Gasteiger partial charge in [0, 0.05) is 21.6 Å². The molecule has 2 aromatic rings. The van der Waals surface area contributed by atoms with Gasteiger partial charge in [0.2, 0.25) is 0 Å². The molecule has 2 heterocycles. The number of aryl methyl sites for hydroxylation is 1. The Kier molecular flexibility index (Phi) is 6.78. The molecule has 12 heteroatoms. The number of rotatable bonds is 8. The molecular weight excluding hydrogens is 404 g/mol. The van der Waals surface area contributed by atoms with E-state index in [-0.39, 0.29) is 18.7 Å². The lowest BCUT2D eigenvalue weighted by molar-refractivity contribution is -0.117. The van der Waals surface area contributed by atoms with Crippen LogP contribution in [-0.4, -0.2) is 33.8 Å². The number of hydrogen-bond donors (Lipinski definition) is 1. The van der Waals surface area contributed by atoms with Crippen molar-refractivity contribution in [3.05, 3.63) is 89.4 Å². The molecule has 1 aromatic carbocycles. The second-order valence-corrected chi connectivity index (χ2v) is 7.21. The third kappa shape index (κ3) is 4.47. The number of ether oxygens (including phenoxy) is 2. The average molecular weight is 426 g/mol. The third-order valence-electron chi connectivity index (χ3n) is 5.35. The molecule has 0 saturated carbocycles. The fourth-order valence-electron chi connectivity index (χ4n) is 3.70. The molecule has 31 heavy (non-hydrogen) atoms. The molecule has 1 aliphatic rings. The van der Waals surface area contributed by atoms with Crippen molar-refractivity contribution in [2.24, 2.45) is 10.2 Å². The van der Waals surface area contributed by atoms with Crippen LogP contribution in [0.15, 0.2) is 56.3 Å². The molecule has 0 amide bonds. The van der Waals surface area contributed by atoms with Gasteiger partial charge in [-0.1, -0.05) is 47.5 Å². The van der Waals surface area contributed by atoms with Crippen LogP contribution in [0, 0.1) is 6.92 Å². The SMILES string of the molecule is CC[C@@]1(CN=[N+]=[N-])O[C@@H](n2cc(C)c(=O)[nH]c2=O)C(N=[N+]=[N-])[C@H]1OCc1ccccc1. The highest BCUT2D eigenvalue weighted by Crippen LogP contribution is 2.43. The molecule has 12 nitrogen and oxygen atoms in total. The van der Waals surface area contributed by atoms with Gasteiger partial charge in [-0.3, -0.25) is 14.3 Å². The minimum absolute atomic E-state index is 0.0928. The molecule has 1 aliphatic heterocycles. The van der Waals surface area contributed by atoms with Crippen molar-refractivity contribution in [1.82, 2.24) is 9.55 Å². The minimum atomic E-state index is -1.14. The second-order valence-electron chi connectivity index (χ2n) is 7.21. The van der Waals surface area contributed by atoms with Crippen molar-refractivity contribution in [2.45, 2.75) is 50.8 Å². The molecule has 162 valence electrons. The molecule has 0 spiro atoms. The Labute approximate surface area is 176 Å². The van der Waals surface area contributed by atoms with E-state index in [1.165, 1.54) is 10.8 Å². The molecule has 1 fully saturated rings. The van der Waals surface area contributed by atoms with Crippen LogP contribution < -0.4 is 11.2 Å². The normalized spacial score (nSPS) is 24.9. The van der Waals surface area contributed by atoms with Gasteiger partial charge < -0.3 is 9.47 Å². The summed E-state index contributed by atoms with van der Waals surface area (Å²) in [5.41, 5.74) is 16.9. The first kappa shape index (κ1) is 22.1. The van der Waals surface area contributed by atoms with Gasteiger partial charge in [-0.15, -0.1) is 0 Å². The summed E-state index contributed by atoms with van der Waals surface area (Å²) in [6, 6.07) is 8.43. The molecule has 3 rings (SSSR count). The first-order valence-electron chi connectivity index (χ1n) is 9.66. The lowest BCUT2D eigenvalue weighted by Crippen LogP contribution is -2.46. The molecule has 1 unspecified atom stereocenters. The number of hydrogen-bond acceptors (Lipinski definition) is 6. The van der Waals surface area contributed by atoms with E-state index in [4.69, 9.17) is 15.0 Å². The van der Waals surface area contributed by atoms with Gasteiger partial charge in [-0.25, -0.2) is 4.79 Å². The van der Waals surface area contributed by atoms with E-state index >= 15 is 0 Å². The summed E-state index contributed by atoms with van der Waals surface area (Å²) < 4.78 is 13.5. The second kappa shape index (κ2) is 9.50. The maximum absolute atomic E-state index is 12.5. The van der Waals surface area contributed by atoms with Gasteiger partial charge in [0.25, 0.3) is 5.56 Å². The molecule has 1 aromatic heterocycles. The van der Waals surface area contributed by atoms with Gasteiger partial charge >= 0.3 is 5.69 Å². The maximum atomic E-state index is 12.5. The third-order valence-corrected chi connectivity index (χ3v) is 5.35. The van der Waals surface area contributed by atoms with Gasteiger partial charge in [-0.05, 0) is 30.0 Å². The highest BCUT2D eigenvalue weighted by molar-refractivity contribution is 5.14. The van der Waals surface area contributed by atoms with E-state index in [1.54, 1.807) is 6.92 Å². The number of H-pyrrole nitrogens is 1. The topological polar surface area (TPSA) is 171 Å². The van der Waals surface area contributed by atoms with Crippen LogP contribution in [0.1, 0.15) is 30.7 Å². The Bertz CT molecular complexity index is 1130. The fourth-order valence-corrected chi connectivity index (χ4v) is 3.70. The molecular formula is C19H22N8O4. The van der Waals surface area contributed by atoms with Crippen molar-refractivity contribution < 1.29 is 9.47 Å². The zero-order valence-corrected chi connectivity index (χ0v) is 17.1. The molecule has 0 radical (unpaired) electrons. The van der Waals surface area contributed by atoms with Crippen LogP contribution in [-0.2, 0) is 16.1 Å². The number of aromatic amines is 1. The molecule has 4 atom stereocenters. The molecule has 0 bridgehead atoms. The highest BCUT2D eigenvalue weighted by Gasteiger charge is 2.55. The summed E-state index contributed by atoms with van der Waals surface area (Å²) >= 11 is 0. The summed E-state index contributed by atoms with van der Waals surface area (Å²) in [6.07, 6.45) is -0.174. The Morgan fingerprint density at radius 3 is 2.65 bits per heavy atom. The van der Waals surface area contributed by atoms with Crippen molar-refractivity contribution in [3.8, 4) is 0 Å². The van der Waals surface area contributed by atoms with Crippen LogP contribution in [0.3, 0.4) is 0 Å². The highest BCUT2D eigenvalue weighted by atomic mass is 16.6. The van der Waals surface area contributed by atoms with Gasteiger partial charge in [0.1, 0.15) is 17.9 Å². The number of nitrogens with zero attached hydrogens (tertiary/aromatic N) is 7. The van der Waals surface area contributed by atoms with Crippen molar-refractivity contribution in [1.29, 1.82) is 0 Å². The van der Waals surface area contributed by atoms with Gasteiger partial charge in [-0.2, -0.15) is 0 Å². The van der Waals surface area contributed by atoms with Crippen molar-refractivity contribution in [3.63, 3.8) is 0 Å². The van der Waals surface area contributed by atoms with E-state index < -0.39 is 35.2 Å². The first-order chi connectivity index (χ1) is 15.0. The van der Waals surface area contributed by atoms with E-state index in [1.807, 2.05) is 37.3 Å². The van der Waals surface area contributed by atoms with E-state index in [9.17, 15) is 15.1 Å². The predicted octanol–water partition coefficient (Wildman–Crippen LogP) is 3.10. The minimum Gasteiger partial charge on any atom is -0.370 e. The quantitative estimate of drug-likeness (QED) is 0.388. The van der Waals surface area contributed by atoms with Crippen LogP contribution in [0.25, 0.3) is 20.9 Å². The van der Waals surface area contributed by atoms with Crippen LogP contribution >= 0.6 is 0 Å². The monoisotopic (exact) mass is 426 g/mol.